The molecular weight excluding hydrogens is 279 g/mol. The van der Waals surface area contributed by atoms with Gasteiger partial charge in [0.15, 0.2) is 6.29 Å². The maximum atomic E-state index is 13.3. The Hall–Kier alpha value is -0.350. The van der Waals surface area contributed by atoms with Crippen molar-refractivity contribution in [1.29, 1.82) is 0 Å². The average Bonchev–Trinajstić information content (AvgIpc) is 2.10. The summed E-state index contributed by atoms with van der Waals surface area (Å²) in [5.41, 5.74) is 0.129. The maximum Gasteiger partial charge on any atom is 0.154 e. The molecule has 0 heterocycles. The van der Waals surface area contributed by atoms with Crippen molar-refractivity contribution in [3.05, 3.63) is 28.0 Å². The molecule has 1 aromatic rings. The van der Waals surface area contributed by atoms with E-state index in [1.54, 1.807) is 6.07 Å². The Morgan fingerprint density at radius 3 is 2.47 bits per heavy atom. The Labute approximate surface area is 102 Å². The second kappa shape index (κ2) is 4.66. The van der Waals surface area contributed by atoms with Gasteiger partial charge >= 0.3 is 0 Å². The first-order valence-corrected chi connectivity index (χ1v) is 6.08. The molecule has 15 heavy (non-hydrogen) atoms. The van der Waals surface area contributed by atoms with E-state index < -0.39 is 5.82 Å². The summed E-state index contributed by atoms with van der Waals surface area (Å²) in [6.45, 7) is 6.05. The number of thioether (sulfide) groups is 1. The summed E-state index contributed by atoms with van der Waals surface area (Å²) in [6.07, 6.45) is 0.564. The van der Waals surface area contributed by atoms with Crippen molar-refractivity contribution in [3.63, 3.8) is 0 Å². The van der Waals surface area contributed by atoms with Gasteiger partial charge in [-0.05, 0) is 28.1 Å². The molecule has 1 aromatic carbocycles. The van der Waals surface area contributed by atoms with Gasteiger partial charge in [0, 0.05) is 14.1 Å². The van der Waals surface area contributed by atoms with Crippen LogP contribution in [0.5, 0.6) is 0 Å². The lowest BCUT2D eigenvalue weighted by molar-refractivity contribution is 0.111. The molecule has 0 aliphatic rings. The number of hydrogen-bond donors (Lipinski definition) is 0. The molecule has 0 saturated heterocycles. The first-order chi connectivity index (χ1) is 6.85. The zero-order chi connectivity index (χ0) is 11.6. The fourth-order valence-corrected chi connectivity index (χ4v) is 2.69. The van der Waals surface area contributed by atoms with E-state index in [1.165, 1.54) is 17.8 Å². The van der Waals surface area contributed by atoms with Crippen LogP contribution in [0.2, 0.25) is 0 Å². The van der Waals surface area contributed by atoms with Gasteiger partial charge in [0.05, 0.1) is 5.56 Å². The number of halogens is 2. The van der Waals surface area contributed by atoms with Gasteiger partial charge in [0.1, 0.15) is 5.82 Å². The van der Waals surface area contributed by atoms with Crippen molar-refractivity contribution in [2.24, 2.45) is 0 Å². The molecular formula is C11H12BrFOS. The molecule has 0 fully saturated rings. The van der Waals surface area contributed by atoms with E-state index in [4.69, 9.17) is 0 Å². The van der Waals surface area contributed by atoms with Crippen molar-refractivity contribution in [2.45, 2.75) is 30.4 Å². The summed E-state index contributed by atoms with van der Waals surface area (Å²) in [6, 6.07) is 2.91. The quantitative estimate of drug-likeness (QED) is 0.597. The van der Waals surface area contributed by atoms with Crippen molar-refractivity contribution in [2.75, 3.05) is 0 Å². The van der Waals surface area contributed by atoms with Gasteiger partial charge in [-0.15, -0.1) is 11.8 Å². The van der Waals surface area contributed by atoms with Crippen LogP contribution in [-0.2, 0) is 0 Å². The van der Waals surface area contributed by atoms with E-state index in [1.807, 2.05) is 20.8 Å². The van der Waals surface area contributed by atoms with Crippen LogP contribution in [0, 0.1) is 5.82 Å². The number of aldehydes is 1. The normalized spacial score (nSPS) is 11.5. The molecule has 0 spiro atoms. The highest BCUT2D eigenvalue weighted by atomic mass is 79.9. The molecule has 0 amide bonds. The Morgan fingerprint density at radius 1 is 1.40 bits per heavy atom. The SMILES string of the molecule is CC(C)(C)Sc1c(Br)ccc(F)c1C=O. The number of carbonyl (C=O) groups is 1. The smallest absolute Gasteiger partial charge is 0.154 e. The lowest BCUT2D eigenvalue weighted by Gasteiger charge is -2.19. The van der Waals surface area contributed by atoms with E-state index in [0.717, 1.165) is 4.47 Å². The number of carbonyl (C=O) groups excluding carboxylic acids is 1. The minimum absolute atomic E-state index is 0.0614. The highest BCUT2D eigenvalue weighted by Gasteiger charge is 2.19. The molecule has 1 rings (SSSR count). The minimum atomic E-state index is -0.472. The number of benzene rings is 1. The van der Waals surface area contributed by atoms with Crippen molar-refractivity contribution >= 4 is 34.0 Å². The molecule has 0 N–H and O–H groups in total. The molecule has 0 bridgehead atoms. The van der Waals surface area contributed by atoms with Crippen LogP contribution >= 0.6 is 27.7 Å². The summed E-state index contributed by atoms with van der Waals surface area (Å²) in [4.78, 5) is 11.5. The van der Waals surface area contributed by atoms with Gasteiger partial charge in [-0.2, -0.15) is 0 Å². The fraction of sp³-hybridized carbons (Fsp3) is 0.364. The molecule has 82 valence electrons. The Kier molecular flexibility index (Phi) is 3.95. The Balaban J connectivity index is 3.25. The van der Waals surface area contributed by atoms with Crippen LogP contribution < -0.4 is 0 Å². The molecule has 0 saturated carbocycles. The maximum absolute atomic E-state index is 13.3. The minimum Gasteiger partial charge on any atom is -0.298 e. The largest absolute Gasteiger partial charge is 0.298 e. The van der Waals surface area contributed by atoms with E-state index in [0.29, 0.717) is 11.2 Å². The van der Waals surface area contributed by atoms with Crippen molar-refractivity contribution in [1.82, 2.24) is 0 Å². The van der Waals surface area contributed by atoms with Crippen molar-refractivity contribution in [3.8, 4) is 0 Å². The Morgan fingerprint density at radius 2 is 2.00 bits per heavy atom. The highest BCUT2D eigenvalue weighted by molar-refractivity contribution is 9.10. The summed E-state index contributed by atoms with van der Waals surface area (Å²) in [5, 5.41) is 0. The molecule has 0 aromatic heterocycles. The zero-order valence-corrected chi connectivity index (χ0v) is 11.2. The molecule has 0 atom stereocenters. The van der Waals surface area contributed by atoms with Gasteiger partial charge in [-0.3, -0.25) is 4.79 Å². The topological polar surface area (TPSA) is 17.1 Å². The summed E-state index contributed by atoms with van der Waals surface area (Å²) >= 11 is 4.80. The van der Waals surface area contributed by atoms with Crippen LogP contribution in [0.4, 0.5) is 4.39 Å². The average molecular weight is 291 g/mol. The fourth-order valence-electron chi connectivity index (χ4n) is 1.07. The molecule has 0 radical (unpaired) electrons. The van der Waals surface area contributed by atoms with Gasteiger partial charge < -0.3 is 0 Å². The second-order valence-corrected chi connectivity index (χ2v) is 6.80. The first-order valence-electron chi connectivity index (χ1n) is 4.47. The van der Waals surface area contributed by atoms with Crippen molar-refractivity contribution < 1.29 is 9.18 Å². The van der Waals surface area contributed by atoms with Crippen LogP contribution in [0.1, 0.15) is 31.1 Å². The van der Waals surface area contributed by atoms with Crippen LogP contribution in [0.3, 0.4) is 0 Å². The monoisotopic (exact) mass is 290 g/mol. The first kappa shape index (κ1) is 12.7. The van der Waals surface area contributed by atoms with Gasteiger partial charge in [0.2, 0.25) is 0 Å². The highest BCUT2D eigenvalue weighted by Crippen LogP contribution is 2.39. The predicted molar refractivity (Wildman–Crippen MR) is 65.1 cm³/mol. The summed E-state index contributed by atoms with van der Waals surface area (Å²) in [7, 11) is 0. The van der Waals surface area contributed by atoms with E-state index in [9.17, 15) is 9.18 Å². The Bertz CT molecular complexity index is 385. The molecule has 0 aliphatic carbocycles. The van der Waals surface area contributed by atoms with Gasteiger partial charge in [-0.25, -0.2) is 4.39 Å². The third-order valence-corrected chi connectivity index (χ3v) is 3.80. The van der Waals surface area contributed by atoms with E-state index in [2.05, 4.69) is 15.9 Å². The third-order valence-electron chi connectivity index (χ3n) is 1.62. The van der Waals surface area contributed by atoms with Gasteiger partial charge in [0.25, 0.3) is 0 Å². The number of rotatable bonds is 2. The third kappa shape index (κ3) is 3.31. The molecule has 4 heteroatoms. The number of hydrogen-bond acceptors (Lipinski definition) is 2. The predicted octanol–water partition coefficient (Wildman–Crippen LogP) is 4.29. The lowest BCUT2D eigenvalue weighted by Crippen LogP contribution is -2.08. The van der Waals surface area contributed by atoms with Gasteiger partial charge in [-0.1, -0.05) is 20.8 Å². The van der Waals surface area contributed by atoms with E-state index >= 15 is 0 Å². The molecule has 0 aliphatic heterocycles. The van der Waals surface area contributed by atoms with Crippen LogP contribution in [0.15, 0.2) is 21.5 Å². The second-order valence-electron chi connectivity index (χ2n) is 4.10. The van der Waals surface area contributed by atoms with E-state index in [-0.39, 0.29) is 10.3 Å². The standard InChI is InChI=1S/C11H12BrFOS/c1-11(2,3)15-10-7(6-14)9(13)5-4-8(10)12/h4-6H,1-3H3. The lowest BCUT2D eigenvalue weighted by atomic mass is 10.2. The summed E-state index contributed by atoms with van der Waals surface area (Å²) in [5.74, 6) is -0.472. The molecule has 1 nitrogen and oxygen atoms in total. The zero-order valence-electron chi connectivity index (χ0n) is 8.80. The van der Waals surface area contributed by atoms with Crippen LogP contribution in [-0.4, -0.2) is 11.0 Å². The molecule has 0 unspecified atom stereocenters. The summed E-state index contributed by atoms with van der Waals surface area (Å²) < 4.78 is 14.0. The van der Waals surface area contributed by atoms with Crippen LogP contribution in [0.25, 0.3) is 0 Å².